The fraction of sp³-hybridized carbons (Fsp3) is 0.333. The first-order valence-electron chi connectivity index (χ1n) is 4.92. The van der Waals surface area contributed by atoms with Crippen LogP contribution in [0.3, 0.4) is 0 Å². The van der Waals surface area contributed by atoms with Gasteiger partial charge >= 0.3 is 5.97 Å². The summed E-state index contributed by atoms with van der Waals surface area (Å²) in [4.78, 5) is 14.7. The van der Waals surface area contributed by atoms with E-state index >= 15 is 0 Å². The summed E-state index contributed by atoms with van der Waals surface area (Å²) in [6.07, 6.45) is 2.70. The van der Waals surface area contributed by atoms with E-state index in [0.717, 1.165) is 12.0 Å². The number of carbonyl (C=O) groups is 1. The number of hydrogen-bond acceptors (Lipinski definition) is 3. The molecule has 0 saturated carbocycles. The second-order valence-corrected chi connectivity index (χ2v) is 3.14. The van der Waals surface area contributed by atoms with E-state index in [-0.39, 0.29) is 12.5 Å². The molecule has 15 heavy (non-hydrogen) atoms. The van der Waals surface area contributed by atoms with Crippen molar-refractivity contribution in [1.29, 1.82) is 0 Å². The highest BCUT2D eigenvalue weighted by molar-refractivity contribution is 5.82. The van der Waals surface area contributed by atoms with Gasteiger partial charge in [-0.15, -0.1) is 0 Å². The number of carbonyl (C=O) groups excluding carboxylic acids is 1. The quantitative estimate of drug-likeness (QED) is 0.555. The summed E-state index contributed by atoms with van der Waals surface area (Å²) in [5.74, 6) is -0.323. The summed E-state index contributed by atoms with van der Waals surface area (Å²) in [6, 6.07) is 8.08. The van der Waals surface area contributed by atoms with Gasteiger partial charge in [0, 0.05) is 6.21 Å². The van der Waals surface area contributed by atoms with E-state index in [4.69, 9.17) is 0 Å². The van der Waals surface area contributed by atoms with Crippen LogP contribution in [-0.4, -0.2) is 25.8 Å². The van der Waals surface area contributed by atoms with E-state index < -0.39 is 0 Å². The molecule has 80 valence electrons. The van der Waals surface area contributed by atoms with Gasteiger partial charge < -0.3 is 4.74 Å². The van der Waals surface area contributed by atoms with Crippen LogP contribution in [-0.2, 0) is 16.0 Å². The third kappa shape index (κ3) is 3.94. The van der Waals surface area contributed by atoms with E-state index in [1.54, 1.807) is 6.21 Å². The Bertz CT molecular complexity index is 341. The van der Waals surface area contributed by atoms with Gasteiger partial charge in [0.05, 0.1) is 7.11 Å². The lowest BCUT2D eigenvalue weighted by Gasteiger charge is -1.97. The number of esters is 1. The van der Waals surface area contributed by atoms with Crippen molar-refractivity contribution in [1.82, 2.24) is 0 Å². The Labute approximate surface area is 89.8 Å². The van der Waals surface area contributed by atoms with E-state index in [1.807, 2.05) is 12.1 Å². The number of rotatable bonds is 4. The first-order chi connectivity index (χ1) is 7.26. The Balaban J connectivity index is 2.53. The molecule has 3 nitrogen and oxygen atoms in total. The fourth-order valence-corrected chi connectivity index (χ4v) is 1.13. The molecule has 0 aliphatic carbocycles. The van der Waals surface area contributed by atoms with Crippen molar-refractivity contribution < 1.29 is 9.53 Å². The summed E-state index contributed by atoms with van der Waals surface area (Å²) >= 11 is 0. The highest BCUT2D eigenvalue weighted by atomic mass is 16.5. The van der Waals surface area contributed by atoms with Gasteiger partial charge in [-0.1, -0.05) is 31.2 Å². The molecule has 1 rings (SSSR count). The molecular weight excluding hydrogens is 190 g/mol. The molecule has 0 amide bonds. The van der Waals surface area contributed by atoms with E-state index in [0.29, 0.717) is 0 Å². The highest BCUT2D eigenvalue weighted by Crippen LogP contribution is 2.02. The second-order valence-electron chi connectivity index (χ2n) is 3.14. The van der Waals surface area contributed by atoms with Crippen LogP contribution in [0.25, 0.3) is 0 Å². The van der Waals surface area contributed by atoms with Gasteiger partial charge in [-0.3, -0.25) is 9.79 Å². The van der Waals surface area contributed by atoms with Crippen LogP contribution in [0.15, 0.2) is 29.3 Å². The van der Waals surface area contributed by atoms with Crippen LogP contribution in [0, 0.1) is 0 Å². The van der Waals surface area contributed by atoms with Gasteiger partial charge in [0.15, 0.2) is 0 Å². The average Bonchev–Trinajstić information content (AvgIpc) is 2.29. The minimum atomic E-state index is -0.323. The third-order valence-corrected chi connectivity index (χ3v) is 2.08. The number of ether oxygens (including phenoxy) is 1. The predicted molar refractivity (Wildman–Crippen MR) is 60.3 cm³/mol. The monoisotopic (exact) mass is 205 g/mol. The first-order valence-corrected chi connectivity index (χ1v) is 4.92. The van der Waals surface area contributed by atoms with Gasteiger partial charge in [-0.25, -0.2) is 0 Å². The minimum absolute atomic E-state index is 0.0754. The molecule has 1 aromatic carbocycles. The fourth-order valence-electron chi connectivity index (χ4n) is 1.13. The molecule has 1 aromatic rings. The SMILES string of the molecule is CCc1ccc(C=NCC(=O)OC)cc1. The number of nitrogens with zero attached hydrogens (tertiary/aromatic N) is 1. The Morgan fingerprint density at radius 1 is 1.40 bits per heavy atom. The third-order valence-electron chi connectivity index (χ3n) is 2.08. The largest absolute Gasteiger partial charge is 0.468 e. The predicted octanol–water partition coefficient (Wildman–Crippen LogP) is 1.84. The highest BCUT2D eigenvalue weighted by Gasteiger charge is 1.95. The van der Waals surface area contributed by atoms with Crippen LogP contribution in [0.1, 0.15) is 18.1 Å². The topological polar surface area (TPSA) is 38.7 Å². The summed E-state index contributed by atoms with van der Waals surface area (Å²) in [5.41, 5.74) is 2.29. The van der Waals surface area contributed by atoms with Gasteiger partial charge in [0.25, 0.3) is 0 Å². The molecule has 0 aliphatic rings. The Morgan fingerprint density at radius 3 is 2.60 bits per heavy atom. The number of benzene rings is 1. The van der Waals surface area contributed by atoms with Crippen molar-refractivity contribution in [3.63, 3.8) is 0 Å². The normalized spacial score (nSPS) is 10.5. The molecule has 0 N–H and O–H groups in total. The molecule has 0 radical (unpaired) electrons. The zero-order valence-electron chi connectivity index (χ0n) is 9.06. The van der Waals surface area contributed by atoms with Crippen molar-refractivity contribution in [2.75, 3.05) is 13.7 Å². The van der Waals surface area contributed by atoms with Crippen molar-refractivity contribution in [2.45, 2.75) is 13.3 Å². The summed E-state index contributed by atoms with van der Waals surface area (Å²) in [5, 5.41) is 0. The van der Waals surface area contributed by atoms with Crippen molar-refractivity contribution in [3.05, 3.63) is 35.4 Å². The molecule has 3 heteroatoms. The van der Waals surface area contributed by atoms with E-state index in [9.17, 15) is 4.79 Å². The molecule has 0 aromatic heterocycles. The number of hydrogen-bond donors (Lipinski definition) is 0. The molecular formula is C12H15NO2. The van der Waals surface area contributed by atoms with Crippen LogP contribution in [0.5, 0.6) is 0 Å². The lowest BCUT2D eigenvalue weighted by molar-refractivity contribution is -0.138. The van der Waals surface area contributed by atoms with Gasteiger partial charge in [0.2, 0.25) is 0 Å². The second kappa shape index (κ2) is 5.96. The van der Waals surface area contributed by atoms with E-state index in [2.05, 4.69) is 28.8 Å². The lowest BCUT2D eigenvalue weighted by Crippen LogP contribution is -2.04. The Morgan fingerprint density at radius 2 is 2.07 bits per heavy atom. The van der Waals surface area contributed by atoms with Crippen LogP contribution < -0.4 is 0 Å². The Kier molecular flexibility index (Phi) is 4.54. The zero-order chi connectivity index (χ0) is 11.1. The van der Waals surface area contributed by atoms with Crippen LogP contribution in [0.4, 0.5) is 0 Å². The standard InChI is InChI=1S/C12H15NO2/c1-3-10-4-6-11(7-5-10)8-13-9-12(14)15-2/h4-8H,3,9H2,1-2H3. The maximum absolute atomic E-state index is 10.8. The molecule has 0 heterocycles. The molecule has 0 unspecified atom stereocenters. The van der Waals surface area contributed by atoms with Crippen LogP contribution in [0.2, 0.25) is 0 Å². The van der Waals surface area contributed by atoms with E-state index in [1.165, 1.54) is 12.7 Å². The average molecular weight is 205 g/mol. The zero-order valence-corrected chi connectivity index (χ0v) is 9.06. The molecule has 0 atom stereocenters. The molecule has 0 fully saturated rings. The molecule has 0 spiro atoms. The van der Waals surface area contributed by atoms with Crippen molar-refractivity contribution in [3.8, 4) is 0 Å². The number of aryl methyl sites for hydroxylation is 1. The van der Waals surface area contributed by atoms with Crippen molar-refractivity contribution >= 4 is 12.2 Å². The maximum Gasteiger partial charge on any atom is 0.327 e. The van der Waals surface area contributed by atoms with Gasteiger partial charge in [-0.05, 0) is 17.5 Å². The summed E-state index contributed by atoms with van der Waals surface area (Å²) < 4.78 is 4.47. The van der Waals surface area contributed by atoms with Crippen molar-refractivity contribution in [2.24, 2.45) is 4.99 Å². The minimum Gasteiger partial charge on any atom is -0.468 e. The van der Waals surface area contributed by atoms with Gasteiger partial charge in [0.1, 0.15) is 6.54 Å². The number of methoxy groups -OCH3 is 1. The lowest BCUT2D eigenvalue weighted by atomic mass is 10.1. The van der Waals surface area contributed by atoms with Crippen LogP contribution >= 0.6 is 0 Å². The Hall–Kier alpha value is -1.64. The summed E-state index contributed by atoms with van der Waals surface area (Å²) in [6.45, 7) is 2.19. The number of aliphatic imine (C=N–C) groups is 1. The molecule has 0 saturated heterocycles. The maximum atomic E-state index is 10.8. The molecule has 0 bridgehead atoms. The summed E-state index contributed by atoms with van der Waals surface area (Å²) in [7, 11) is 1.36. The first kappa shape index (κ1) is 11.4. The van der Waals surface area contributed by atoms with Gasteiger partial charge in [-0.2, -0.15) is 0 Å². The molecule has 0 aliphatic heterocycles. The smallest absolute Gasteiger partial charge is 0.327 e.